The molecule has 0 aliphatic heterocycles. The first-order chi connectivity index (χ1) is 11.2. The van der Waals surface area contributed by atoms with E-state index in [0.29, 0.717) is 10.8 Å². The number of hydrogen-bond acceptors (Lipinski definition) is 4. The fourth-order valence-corrected chi connectivity index (χ4v) is 4.86. The summed E-state index contributed by atoms with van der Waals surface area (Å²) < 4.78 is 28.0. The molecule has 0 spiro atoms. The van der Waals surface area contributed by atoms with Crippen molar-refractivity contribution in [2.45, 2.75) is 17.2 Å². The Hall–Kier alpha value is -1.41. The number of benzene rings is 1. The molecule has 1 heterocycles. The van der Waals surface area contributed by atoms with Crippen LogP contribution in [-0.2, 0) is 10.0 Å². The van der Waals surface area contributed by atoms with Crippen LogP contribution < -0.4 is 14.5 Å². The van der Waals surface area contributed by atoms with Crippen molar-refractivity contribution in [1.29, 1.82) is 0 Å². The molecule has 2 aromatic rings. The summed E-state index contributed by atoms with van der Waals surface area (Å²) in [5.41, 5.74) is 2.24. The Morgan fingerprint density at radius 2 is 1.75 bits per heavy atom. The third-order valence-corrected chi connectivity index (χ3v) is 6.88. The number of nitrogens with one attached hydrogen (secondary N) is 2. The van der Waals surface area contributed by atoms with Crippen molar-refractivity contribution < 1.29 is 13.3 Å². The van der Waals surface area contributed by atoms with Crippen LogP contribution in [0.2, 0.25) is 0 Å². The molecule has 2 N–H and O–H groups in total. The second kappa shape index (κ2) is 7.65. The lowest BCUT2D eigenvalue weighted by molar-refractivity contribution is -0.890. The minimum absolute atomic E-state index is 0.0528. The van der Waals surface area contributed by atoms with Gasteiger partial charge in [-0.15, -0.1) is 11.3 Å². The molecule has 0 saturated heterocycles. The van der Waals surface area contributed by atoms with Crippen LogP contribution in [0.15, 0.2) is 40.6 Å². The lowest BCUT2D eigenvalue weighted by atomic mass is 10.1. The van der Waals surface area contributed by atoms with Gasteiger partial charge < -0.3 is 9.80 Å². The second-order valence-electron chi connectivity index (χ2n) is 6.33. The van der Waals surface area contributed by atoms with Gasteiger partial charge in [-0.2, -0.15) is 0 Å². The molecule has 1 aromatic heterocycles. The van der Waals surface area contributed by atoms with Crippen molar-refractivity contribution >= 4 is 27.0 Å². The maximum absolute atomic E-state index is 12.4. The van der Waals surface area contributed by atoms with Crippen LogP contribution in [-0.4, -0.2) is 43.2 Å². The summed E-state index contributed by atoms with van der Waals surface area (Å²) in [7, 11) is 4.62. The van der Waals surface area contributed by atoms with Crippen molar-refractivity contribution in [2.75, 3.05) is 39.6 Å². The second-order valence-corrected chi connectivity index (χ2v) is 9.61. The monoisotopic (exact) mass is 368 g/mol. The van der Waals surface area contributed by atoms with E-state index in [2.05, 4.69) is 29.0 Å². The van der Waals surface area contributed by atoms with Gasteiger partial charge in [0.1, 0.15) is 10.3 Å². The minimum Gasteiger partial charge on any atom is -0.378 e. The lowest BCUT2D eigenvalue weighted by Gasteiger charge is -2.23. The molecular weight excluding hydrogens is 342 g/mol. The third kappa shape index (κ3) is 4.57. The number of thiophene rings is 1. The quantitative estimate of drug-likeness (QED) is 0.774. The van der Waals surface area contributed by atoms with Crippen LogP contribution in [0.25, 0.3) is 0 Å². The van der Waals surface area contributed by atoms with Crippen molar-refractivity contribution in [2.24, 2.45) is 0 Å². The van der Waals surface area contributed by atoms with Gasteiger partial charge in [0.05, 0.1) is 20.6 Å². The Balaban J connectivity index is 2.14. The zero-order valence-corrected chi connectivity index (χ0v) is 16.5. The van der Waals surface area contributed by atoms with Gasteiger partial charge in [-0.1, -0.05) is 12.1 Å². The molecule has 1 aromatic carbocycles. The van der Waals surface area contributed by atoms with E-state index in [9.17, 15) is 8.42 Å². The highest BCUT2D eigenvalue weighted by molar-refractivity contribution is 7.91. The maximum Gasteiger partial charge on any atom is 0.250 e. The highest BCUT2D eigenvalue weighted by Gasteiger charge is 2.23. The predicted octanol–water partition coefficient (Wildman–Crippen LogP) is 1.29. The highest BCUT2D eigenvalue weighted by atomic mass is 32.2. The lowest BCUT2D eigenvalue weighted by Crippen LogP contribution is -3.07. The van der Waals surface area contributed by atoms with Gasteiger partial charge >= 0.3 is 0 Å². The normalized spacial score (nSPS) is 13.2. The van der Waals surface area contributed by atoms with E-state index in [1.807, 2.05) is 46.1 Å². The van der Waals surface area contributed by atoms with Gasteiger partial charge in [-0.3, -0.25) is 0 Å². The molecule has 7 heteroatoms. The Bertz CT molecular complexity index is 765. The maximum atomic E-state index is 12.4. The smallest absolute Gasteiger partial charge is 0.250 e. The van der Waals surface area contributed by atoms with E-state index in [-0.39, 0.29) is 6.04 Å². The topological polar surface area (TPSA) is 53.9 Å². The first-order valence-corrected chi connectivity index (χ1v) is 10.1. The van der Waals surface area contributed by atoms with Crippen molar-refractivity contribution in [3.8, 4) is 0 Å². The first kappa shape index (κ1) is 18.9. The summed E-state index contributed by atoms with van der Waals surface area (Å²) in [4.78, 5) is 4.21. The van der Waals surface area contributed by atoms with Crippen LogP contribution in [0.4, 0.5) is 5.69 Å². The van der Waals surface area contributed by atoms with Crippen LogP contribution in [0.5, 0.6) is 0 Å². The highest BCUT2D eigenvalue weighted by Crippen LogP contribution is 2.21. The number of aryl methyl sites for hydroxylation is 1. The molecule has 24 heavy (non-hydrogen) atoms. The molecule has 132 valence electrons. The van der Waals surface area contributed by atoms with E-state index in [1.165, 1.54) is 16.2 Å². The first-order valence-electron chi connectivity index (χ1n) is 7.84. The third-order valence-electron chi connectivity index (χ3n) is 3.97. The van der Waals surface area contributed by atoms with Crippen LogP contribution in [0, 0.1) is 6.92 Å². The van der Waals surface area contributed by atoms with Gasteiger partial charge in [-0.25, -0.2) is 13.1 Å². The Kier molecular flexibility index (Phi) is 6.03. The number of nitrogens with zero attached hydrogens (tertiary/aromatic N) is 1. The Labute approximate surface area is 149 Å². The van der Waals surface area contributed by atoms with E-state index >= 15 is 0 Å². The molecule has 0 amide bonds. The fourth-order valence-electron chi connectivity index (χ4n) is 2.48. The van der Waals surface area contributed by atoms with Gasteiger partial charge in [0, 0.05) is 30.2 Å². The summed E-state index contributed by atoms with van der Waals surface area (Å²) in [6.07, 6.45) is 0. The van der Waals surface area contributed by atoms with Crippen LogP contribution >= 0.6 is 11.3 Å². The number of rotatable bonds is 7. The van der Waals surface area contributed by atoms with Gasteiger partial charge in [0.2, 0.25) is 10.0 Å². The summed E-state index contributed by atoms with van der Waals surface area (Å²) in [5, 5.41) is 0. The van der Waals surface area contributed by atoms with Crippen molar-refractivity contribution in [3.63, 3.8) is 0 Å². The summed E-state index contributed by atoms with van der Waals surface area (Å²) in [5.74, 6) is 0. The van der Waals surface area contributed by atoms with E-state index in [1.54, 1.807) is 6.07 Å². The Morgan fingerprint density at radius 1 is 1.12 bits per heavy atom. The standard InChI is InChI=1S/C17H25N3O2S2/c1-13-6-11-17(23-13)24(21,22)18-12-16(20(4)5)14-7-9-15(10-8-14)19(2)3/h6-11,16,18H,12H2,1-5H3/p+1/t16-/m0/s1. The van der Waals surface area contributed by atoms with Crippen LogP contribution in [0.3, 0.4) is 0 Å². The molecule has 0 radical (unpaired) electrons. The minimum atomic E-state index is -3.45. The molecule has 0 saturated carbocycles. The van der Waals surface area contributed by atoms with E-state index < -0.39 is 10.0 Å². The zero-order chi connectivity index (χ0) is 17.9. The number of hydrogen-bond donors (Lipinski definition) is 2. The fraction of sp³-hybridized carbons (Fsp3) is 0.412. The zero-order valence-electron chi connectivity index (χ0n) is 14.8. The van der Waals surface area contributed by atoms with Crippen molar-refractivity contribution in [3.05, 3.63) is 46.8 Å². The van der Waals surface area contributed by atoms with E-state index in [0.717, 1.165) is 16.1 Å². The summed E-state index contributed by atoms with van der Waals surface area (Å²) in [6, 6.07) is 11.8. The molecule has 2 rings (SSSR count). The van der Waals surface area contributed by atoms with Crippen LogP contribution in [0.1, 0.15) is 16.5 Å². The average molecular weight is 369 g/mol. The molecule has 0 aliphatic rings. The van der Waals surface area contributed by atoms with E-state index in [4.69, 9.17) is 0 Å². The number of likely N-dealkylation sites (N-methyl/N-ethyl adjacent to an activating group) is 1. The number of sulfonamides is 1. The molecule has 1 atom stereocenters. The number of anilines is 1. The van der Waals surface area contributed by atoms with Crippen molar-refractivity contribution in [1.82, 2.24) is 4.72 Å². The van der Waals surface area contributed by atoms with Gasteiger partial charge in [0.25, 0.3) is 0 Å². The largest absolute Gasteiger partial charge is 0.378 e. The average Bonchev–Trinajstić information content (AvgIpc) is 2.95. The van der Waals surface area contributed by atoms with Gasteiger partial charge in [0.15, 0.2) is 0 Å². The summed E-state index contributed by atoms with van der Waals surface area (Å²) in [6.45, 7) is 2.27. The molecule has 0 aliphatic carbocycles. The summed E-state index contributed by atoms with van der Waals surface area (Å²) >= 11 is 1.29. The molecule has 0 unspecified atom stereocenters. The molecule has 0 bridgehead atoms. The molecule has 5 nitrogen and oxygen atoms in total. The number of quaternary nitrogens is 1. The molecular formula is C17H26N3O2S2+. The van der Waals surface area contributed by atoms with Gasteiger partial charge in [-0.05, 0) is 31.2 Å². The molecule has 0 fully saturated rings. The SMILES string of the molecule is Cc1ccc(S(=O)(=O)NC[C@@H](c2ccc(N(C)C)cc2)[NH+](C)C)s1. The Morgan fingerprint density at radius 3 is 2.21 bits per heavy atom. The predicted molar refractivity (Wildman–Crippen MR) is 101 cm³/mol.